The van der Waals surface area contributed by atoms with Crippen LogP contribution < -0.4 is 10.6 Å². The molecule has 0 aromatic carbocycles. The first kappa shape index (κ1) is 11.4. The summed E-state index contributed by atoms with van der Waals surface area (Å²) in [4.78, 5) is 15.1. The summed E-state index contributed by atoms with van der Waals surface area (Å²) in [6.07, 6.45) is 0. The lowest BCUT2D eigenvalue weighted by Crippen LogP contribution is -2.41. The number of amidine groups is 1. The Hall–Kier alpha value is -0.710. The second kappa shape index (κ2) is 5.24. The van der Waals surface area contributed by atoms with Crippen molar-refractivity contribution >= 4 is 22.8 Å². The molecule has 1 saturated heterocycles. The minimum absolute atomic E-state index is 0.0498. The molecule has 1 heterocycles. The maximum atomic E-state index is 10.9. The predicted octanol–water partition coefficient (Wildman–Crippen LogP) is 0.449. The van der Waals surface area contributed by atoms with Gasteiger partial charge in [-0.2, -0.15) is 0 Å². The number of hydrogen-bond donors (Lipinski definition) is 2. The summed E-state index contributed by atoms with van der Waals surface area (Å²) in [7, 11) is 1.62. The van der Waals surface area contributed by atoms with Crippen LogP contribution in [0.2, 0.25) is 0 Å². The van der Waals surface area contributed by atoms with Crippen LogP contribution in [0.1, 0.15) is 13.8 Å². The Morgan fingerprint density at radius 3 is 3.00 bits per heavy atom. The van der Waals surface area contributed by atoms with Crippen molar-refractivity contribution in [3.63, 3.8) is 0 Å². The summed E-state index contributed by atoms with van der Waals surface area (Å²) in [5.41, 5.74) is 0. The number of nitrogens with zero attached hydrogens (tertiary/aromatic N) is 1. The molecule has 2 N–H and O–H groups in total. The quantitative estimate of drug-likeness (QED) is 0.703. The highest BCUT2D eigenvalue weighted by molar-refractivity contribution is 8.13. The SMILES string of the molecule is CNC(=O)CN=C1NC(C)C(C)CS1. The Labute approximate surface area is 88.9 Å². The van der Waals surface area contributed by atoms with Crippen molar-refractivity contribution in [2.75, 3.05) is 19.3 Å². The summed E-state index contributed by atoms with van der Waals surface area (Å²) in [6.45, 7) is 4.56. The van der Waals surface area contributed by atoms with Crippen molar-refractivity contribution in [2.45, 2.75) is 19.9 Å². The van der Waals surface area contributed by atoms with Gasteiger partial charge in [-0.05, 0) is 12.8 Å². The van der Waals surface area contributed by atoms with Crippen LogP contribution in [0.3, 0.4) is 0 Å². The minimum Gasteiger partial charge on any atom is -0.362 e. The van der Waals surface area contributed by atoms with Crippen molar-refractivity contribution in [3.05, 3.63) is 0 Å². The van der Waals surface area contributed by atoms with Gasteiger partial charge in [0.25, 0.3) is 0 Å². The zero-order valence-corrected chi connectivity index (χ0v) is 9.65. The fourth-order valence-corrected chi connectivity index (χ4v) is 2.18. The highest BCUT2D eigenvalue weighted by Gasteiger charge is 2.20. The smallest absolute Gasteiger partial charge is 0.241 e. The highest BCUT2D eigenvalue weighted by atomic mass is 32.2. The molecule has 4 nitrogen and oxygen atoms in total. The van der Waals surface area contributed by atoms with Crippen LogP contribution in [-0.4, -0.2) is 36.5 Å². The van der Waals surface area contributed by atoms with E-state index in [0.717, 1.165) is 10.9 Å². The number of likely N-dealkylation sites (N-methyl/N-ethyl adjacent to an activating group) is 1. The Kier molecular flexibility index (Phi) is 4.25. The van der Waals surface area contributed by atoms with Crippen molar-refractivity contribution in [2.24, 2.45) is 10.9 Å². The van der Waals surface area contributed by atoms with Gasteiger partial charge in [0.2, 0.25) is 5.91 Å². The molecule has 80 valence electrons. The van der Waals surface area contributed by atoms with Crippen LogP contribution in [0.15, 0.2) is 4.99 Å². The molecule has 1 rings (SSSR count). The Bertz CT molecular complexity index is 242. The van der Waals surface area contributed by atoms with Gasteiger partial charge >= 0.3 is 0 Å². The molecule has 2 atom stereocenters. The van der Waals surface area contributed by atoms with E-state index in [0.29, 0.717) is 12.0 Å². The number of thioether (sulfide) groups is 1. The molecule has 1 fully saturated rings. The van der Waals surface area contributed by atoms with Crippen molar-refractivity contribution < 1.29 is 4.79 Å². The first-order valence-corrected chi connectivity index (χ1v) is 5.76. The largest absolute Gasteiger partial charge is 0.362 e. The average Bonchev–Trinajstić information content (AvgIpc) is 2.19. The summed E-state index contributed by atoms with van der Waals surface area (Å²) in [5, 5.41) is 6.71. The summed E-state index contributed by atoms with van der Waals surface area (Å²) in [5.74, 6) is 1.67. The molecular formula is C9H17N3OS. The number of nitrogens with one attached hydrogen (secondary N) is 2. The lowest BCUT2D eigenvalue weighted by molar-refractivity contribution is -0.119. The molecule has 14 heavy (non-hydrogen) atoms. The third kappa shape index (κ3) is 3.21. The molecular weight excluding hydrogens is 198 g/mol. The van der Waals surface area contributed by atoms with Gasteiger partial charge in [0, 0.05) is 18.8 Å². The third-order valence-corrected chi connectivity index (χ3v) is 3.55. The second-order valence-corrected chi connectivity index (χ2v) is 4.52. The monoisotopic (exact) mass is 215 g/mol. The van der Waals surface area contributed by atoms with Gasteiger partial charge in [0.15, 0.2) is 5.17 Å². The molecule has 0 radical (unpaired) electrons. The Morgan fingerprint density at radius 2 is 2.43 bits per heavy atom. The lowest BCUT2D eigenvalue weighted by Gasteiger charge is -2.28. The molecule has 1 aliphatic rings. The van der Waals surface area contributed by atoms with Gasteiger partial charge < -0.3 is 10.6 Å². The molecule has 0 aromatic rings. The molecule has 1 aliphatic heterocycles. The van der Waals surface area contributed by atoms with Gasteiger partial charge in [-0.25, -0.2) is 0 Å². The Morgan fingerprint density at radius 1 is 1.71 bits per heavy atom. The zero-order chi connectivity index (χ0) is 10.6. The molecule has 0 saturated carbocycles. The van der Waals surface area contributed by atoms with E-state index in [1.165, 1.54) is 0 Å². The molecule has 2 unspecified atom stereocenters. The maximum Gasteiger partial charge on any atom is 0.241 e. The molecule has 0 aliphatic carbocycles. The zero-order valence-electron chi connectivity index (χ0n) is 8.83. The fourth-order valence-electron chi connectivity index (χ4n) is 1.05. The number of carbonyl (C=O) groups excluding carboxylic acids is 1. The van der Waals surface area contributed by atoms with Gasteiger partial charge in [0.1, 0.15) is 6.54 Å². The third-order valence-electron chi connectivity index (χ3n) is 2.33. The maximum absolute atomic E-state index is 10.9. The standard InChI is InChI=1S/C9H17N3OS/c1-6-5-14-9(12-7(6)2)11-4-8(13)10-3/h6-7H,4-5H2,1-3H3,(H,10,13)(H,11,12). The van der Waals surface area contributed by atoms with E-state index in [1.807, 2.05) is 0 Å². The van der Waals surface area contributed by atoms with E-state index in [4.69, 9.17) is 0 Å². The summed E-state index contributed by atoms with van der Waals surface area (Å²) >= 11 is 1.69. The Balaban J connectivity index is 2.42. The first-order chi connectivity index (χ1) is 6.63. The predicted molar refractivity (Wildman–Crippen MR) is 60.6 cm³/mol. The van der Waals surface area contributed by atoms with Gasteiger partial charge in [0.05, 0.1) is 0 Å². The number of amides is 1. The number of hydrogen-bond acceptors (Lipinski definition) is 3. The summed E-state index contributed by atoms with van der Waals surface area (Å²) < 4.78 is 0. The van der Waals surface area contributed by atoms with Gasteiger partial charge in [-0.15, -0.1) is 0 Å². The minimum atomic E-state index is -0.0498. The van der Waals surface area contributed by atoms with Crippen LogP contribution >= 0.6 is 11.8 Å². The average molecular weight is 215 g/mol. The van der Waals surface area contributed by atoms with Gasteiger partial charge in [-0.1, -0.05) is 18.7 Å². The molecule has 0 bridgehead atoms. The van der Waals surface area contributed by atoms with Crippen molar-refractivity contribution in [1.82, 2.24) is 10.6 Å². The number of rotatable bonds is 2. The molecule has 5 heteroatoms. The van der Waals surface area contributed by atoms with E-state index in [1.54, 1.807) is 18.8 Å². The second-order valence-electron chi connectivity index (χ2n) is 3.52. The molecule has 0 aromatic heterocycles. The van der Waals surface area contributed by atoms with E-state index in [9.17, 15) is 4.79 Å². The topological polar surface area (TPSA) is 53.5 Å². The number of carbonyl (C=O) groups is 1. The summed E-state index contributed by atoms with van der Waals surface area (Å²) in [6, 6.07) is 0.444. The van der Waals surface area contributed by atoms with Crippen molar-refractivity contribution in [1.29, 1.82) is 0 Å². The van der Waals surface area contributed by atoms with Crippen LogP contribution in [0, 0.1) is 5.92 Å². The van der Waals surface area contributed by atoms with Crippen LogP contribution in [-0.2, 0) is 4.79 Å². The number of aliphatic imine (C=N–C) groups is 1. The van der Waals surface area contributed by atoms with E-state index in [-0.39, 0.29) is 12.5 Å². The first-order valence-electron chi connectivity index (χ1n) is 4.78. The van der Waals surface area contributed by atoms with Gasteiger partial charge in [-0.3, -0.25) is 9.79 Å². The van der Waals surface area contributed by atoms with Crippen LogP contribution in [0.5, 0.6) is 0 Å². The lowest BCUT2D eigenvalue weighted by atomic mass is 10.1. The normalized spacial score (nSPS) is 29.8. The van der Waals surface area contributed by atoms with Crippen molar-refractivity contribution in [3.8, 4) is 0 Å². The van der Waals surface area contributed by atoms with E-state index in [2.05, 4.69) is 29.5 Å². The van der Waals surface area contributed by atoms with Crippen LogP contribution in [0.25, 0.3) is 0 Å². The molecule has 1 amide bonds. The highest BCUT2D eigenvalue weighted by Crippen LogP contribution is 2.18. The van der Waals surface area contributed by atoms with E-state index >= 15 is 0 Å². The molecule has 0 spiro atoms. The van der Waals surface area contributed by atoms with E-state index < -0.39 is 0 Å². The van der Waals surface area contributed by atoms with Crippen LogP contribution in [0.4, 0.5) is 0 Å². The fraction of sp³-hybridized carbons (Fsp3) is 0.778.